The van der Waals surface area contributed by atoms with Crippen LogP contribution in [0.2, 0.25) is 18.1 Å². The molecule has 0 saturated carbocycles. The van der Waals surface area contributed by atoms with Gasteiger partial charge in [-0.3, -0.25) is 0 Å². The lowest BCUT2D eigenvalue weighted by atomic mass is 10.2. The molecule has 0 aliphatic rings. The Morgan fingerprint density at radius 1 is 1.50 bits per heavy atom. The van der Waals surface area contributed by atoms with Gasteiger partial charge in [0.2, 0.25) is 0 Å². The molecule has 0 aliphatic carbocycles. The highest BCUT2D eigenvalue weighted by atomic mass is 79.9. The van der Waals surface area contributed by atoms with Gasteiger partial charge in [0, 0.05) is 5.33 Å². The van der Waals surface area contributed by atoms with Gasteiger partial charge in [-0.05, 0) is 18.1 Å². The lowest BCUT2D eigenvalue weighted by Crippen LogP contribution is -2.45. The van der Waals surface area contributed by atoms with Crippen LogP contribution >= 0.6 is 15.9 Å². The van der Waals surface area contributed by atoms with Crippen molar-refractivity contribution in [1.29, 1.82) is 0 Å². The van der Waals surface area contributed by atoms with Gasteiger partial charge in [-0.25, -0.2) is 4.79 Å². The molecule has 16 heavy (non-hydrogen) atoms. The number of carboxylic acid groups (broad SMARTS) is 1. The van der Waals surface area contributed by atoms with E-state index in [1.54, 1.807) is 0 Å². The van der Waals surface area contributed by atoms with Crippen LogP contribution in [0, 0.1) is 0 Å². The standard InChI is InChI=1S/C11H21BrO3Si/c1-8(10(13)14)9(7-12)15-16(5,6)11(2,3)4/h9H,1,7H2,2-6H3,(H,13,14). The number of rotatable bonds is 5. The minimum absolute atomic E-state index is 0.0617. The first-order chi connectivity index (χ1) is 7.03. The summed E-state index contributed by atoms with van der Waals surface area (Å²) in [6, 6.07) is 0. The van der Waals surface area contributed by atoms with E-state index >= 15 is 0 Å². The van der Waals surface area contributed by atoms with E-state index in [9.17, 15) is 4.79 Å². The monoisotopic (exact) mass is 308 g/mol. The van der Waals surface area contributed by atoms with Crippen LogP contribution in [-0.2, 0) is 9.22 Å². The van der Waals surface area contributed by atoms with Crippen molar-refractivity contribution in [3.05, 3.63) is 12.2 Å². The van der Waals surface area contributed by atoms with Gasteiger partial charge in [0.15, 0.2) is 8.32 Å². The van der Waals surface area contributed by atoms with Crippen LogP contribution in [0.25, 0.3) is 0 Å². The quantitative estimate of drug-likeness (QED) is 0.481. The average molecular weight is 309 g/mol. The minimum Gasteiger partial charge on any atom is -0.478 e. The summed E-state index contributed by atoms with van der Waals surface area (Å²) in [6.45, 7) is 14.1. The lowest BCUT2D eigenvalue weighted by molar-refractivity contribution is -0.133. The number of hydrogen-bond acceptors (Lipinski definition) is 2. The van der Waals surface area contributed by atoms with Crippen LogP contribution in [0.3, 0.4) is 0 Å². The molecule has 0 saturated heterocycles. The number of aliphatic carboxylic acids is 1. The molecular weight excluding hydrogens is 288 g/mol. The molecule has 0 aromatic rings. The SMILES string of the molecule is C=C(C(=O)O)C(CBr)O[Si](C)(C)C(C)(C)C. The Morgan fingerprint density at radius 3 is 2.19 bits per heavy atom. The van der Waals surface area contributed by atoms with Gasteiger partial charge in [0.1, 0.15) is 0 Å². The molecule has 5 heteroatoms. The van der Waals surface area contributed by atoms with Crippen molar-refractivity contribution in [2.75, 3.05) is 5.33 Å². The third-order valence-corrected chi connectivity index (χ3v) is 8.12. The summed E-state index contributed by atoms with van der Waals surface area (Å²) in [6.07, 6.45) is -0.446. The van der Waals surface area contributed by atoms with E-state index in [2.05, 4.69) is 56.4 Å². The van der Waals surface area contributed by atoms with Crippen molar-refractivity contribution >= 4 is 30.2 Å². The Morgan fingerprint density at radius 2 is 1.94 bits per heavy atom. The van der Waals surface area contributed by atoms with E-state index < -0.39 is 20.4 Å². The normalized spacial score (nSPS) is 14.6. The highest BCUT2D eigenvalue weighted by molar-refractivity contribution is 9.09. The Kier molecular flexibility index (Phi) is 5.42. The summed E-state index contributed by atoms with van der Waals surface area (Å²) in [4.78, 5) is 10.9. The molecule has 1 unspecified atom stereocenters. The maximum atomic E-state index is 10.9. The van der Waals surface area contributed by atoms with Gasteiger partial charge >= 0.3 is 5.97 Å². The van der Waals surface area contributed by atoms with Crippen molar-refractivity contribution in [3.8, 4) is 0 Å². The third-order valence-electron chi connectivity index (χ3n) is 3.05. The first-order valence-electron chi connectivity index (χ1n) is 5.19. The molecule has 0 radical (unpaired) electrons. The summed E-state index contributed by atoms with van der Waals surface area (Å²) in [5.41, 5.74) is 0.113. The topological polar surface area (TPSA) is 46.5 Å². The Hall–Kier alpha value is -0.133. The van der Waals surface area contributed by atoms with E-state index in [1.165, 1.54) is 0 Å². The Balaban J connectivity index is 4.80. The van der Waals surface area contributed by atoms with Gasteiger partial charge in [0.25, 0.3) is 0 Å². The first-order valence-corrected chi connectivity index (χ1v) is 9.22. The highest BCUT2D eigenvalue weighted by Gasteiger charge is 2.40. The number of halogens is 1. The second-order valence-electron chi connectivity index (χ2n) is 5.35. The zero-order valence-electron chi connectivity index (χ0n) is 10.6. The minimum atomic E-state index is -1.95. The maximum Gasteiger partial charge on any atom is 0.333 e. The molecule has 0 aliphatic heterocycles. The molecule has 3 nitrogen and oxygen atoms in total. The van der Waals surface area contributed by atoms with Crippen LogP contribution in [-0.4, -0.2) is 30.8 Å². The molecule has 1 N–H and O–H groups in total. The Bertz CT molecular complexity index is 281. The molecule has 0 spiro atoms. The molecule has 0 aromatic heterocycles. The fourth-order valence-electron chi connectivity index (χ4n) is 0.866. The van der Waals surface area contributed by atoms with Crippen LogP contribution in [0.5, 0.6) is 0 Å². The predicted octanol–water partition coefficient (Wildman–Crippen LogP) is 3.41. The number of hydrogen-bond donors (Lipinski definition) is 1. The highest BCUT2D eigenvalue weighted by Crippen LogP contribution is 2.38. The summed E-state index contributed by atoms with van der Waals surface area (Å²) in [5, 5.41) is 9.42. The van der Waals surface area contributed by atoms with Gasteiger partial charge in [-0.1, -0.05) is 43.3 Å². The second-order valence-corrected chi connectivity index (χ2v) is 10.8. The summed E-state index contributed by atoms with van der Waals surface area (Å²) in [7, 11) is -1.95. The summed E-state index contributed by atoms with van der Waals surface area (Å²) >= 11 is 3.28. The molecule has 94 valence electrons. The van der Waals surface area contributed by atoms with Gasteiger partial charge in [0.05, 0.1) is 11.7 Å². The largest absolute Gasteiger partial charge is 0.478 e. The van der Waals surface area contributed by atoms with Crippen molar-refractivity contribution in [1.82, 2.24) is 0 Å². The van der Waals surface area contributed by atoms with Crippen molar-refractivity contribution in [2.45, 2.75) is 45.0 Å². The fraction of sp³-hybridized carbons (Fsp3) is 0.727. The van der Waals surface area contributed by atoms with Crippen molar-refractivity contribution in [2.24, 2.45) is 0 Å². The summed E-state index contributed by atoms with van der Waals surface area (Å²) in [5.74, 6) is -0.997. The van der Waals surface area contributed by atoms with Crippen molar-refractivity contribution in [3.63, 3.8) is 0 Å². The van der Waals surface area contributed by atoms with Crippen LogP contribution in [0.1, 0.15) is 20.8 Å². The molecule has 0 bridgehead atoms. The molecule has 1 atom stereocenters. The summed E-state index contributed by atoms with van der Waals surface area (Å²) < 4.78 is 5.99. The second kappa shape index (κ2) is 5.47. The average Bonchev–Trinajstić information content (AvgIpc) is 2.11. The molecule has 0 fully saturated rings. The molecule has 0 aromatic carbocycles. The maximum absolute atomic E-state index is 10.9. The lowest BCUT2D eigenvalue weighted by Gasteiger charge is -2.38. The number of carboxylic acids is 1. The van der Waals surface area contributed by atoms with Gasteiger partial charge < -0.3 is 9.53 Å². The van der Waals surface area contributed by atoms with Crippen LogP contribution in [0.4, 0.5) is 0 Å². The fourth-order valence-corrected chi connectivity index (χ4v) is 2.92. The molecular formula is C11H21BrO3Si. The Labute approximate surface area is 107 Å². The van der Waals surface area contributed by atoms with E-state index in [-0.39, 0.29) is 10.6 Å². The van der Waals surface area contributed by atoms with Crippen LogP contribution < -0.4 is 0 Å². The zero-order chi connectivity index (χ0) is 13.1. The van der Waals surface area contributed by atoms with Gasteiger partial charge in [-0.15, -0.1) is 0 Å². The molecule has 0 rings (SSSR count). The van der Waals surface area contributed by atoms with E-state index in [0.29, 0.717) is 5.33 Å². The third kappa shape index (κ3) is 4.03. The van der Waals surface area contributed by atoms with E-state index in [1.807, 2.05) is 0 Å². The zero-order valence-corrected chi connectivity index (χ0v) is 13.2. The smallest absolute Gasteiger partial charge is 0.333 e. The van der Waals surface area contributed by atoms with Crippen molar-refractivity contribution < 1.29 is 14.3 Å². The van der Waals surface area contributed by atoms with E-state index in [0.717, 1.165) is 0 Å². The van der Waals surface area contributed by atoms with E-state index in [4.69, 9.17) is 9.53 Å². The molecule has 0 heterocycles. The van der Waals surface area contributed by atoms with Crippen LogP contribution in [0.15, 0.2) is 12.2 Å². The first kappa shape index (κ1) is 15.9. The van der Waals surface area contributed by atoms with Gasteiger partial charge in [-0.2, -0.15) is 0 Å². The number of carbonyl (C=O) groups is 1. The molecule has 0 amide bonds. The predicted molar refractivity (Wildman–Crippen MR) is 72.6 cm³/mol. The number of alkyl halides is 1.